The Morgan fingerprint density at radius 1 is 1.17 bits per heavy atom. The second-order valence-corrected chi connectivity index (χ2v) is 9.90. The number of amides is 1. The lowest BCUT2D eigenvalue weighted by Gasteiger charge is -2.39. The van der Waals surface area contributed by atoms with Crippen LogP contribution in [0.25, 0.3) is 22.4 Å². The van der Waals surface area contributed by atoms with E-state index in [0.29, 0.717) is 55.2 Å². The Bertz CT molecular complexity index is 1270. The number of hydrogen-bond donors (Lipinski definition) is 2. The lowest BCUT2D eigenvalue weighted by Crippen LogP contribution is -2.48. The molecule has 0 radical (unpaired) electrons. The van der Waals surface area contributed by atoms with E-state index in [1.165, 1.54) is 12.1 Å². The maximum absolute atomic E-state index is 14.2. The van der Waals surface area contributed by atoms with Crippen molar-refractivity contribution in [2.75, 3.05) is 37.8 Å². The normalized spacial score (nSPS) is 19.0. The van der Waals surface area contributed by atoms with Crippen molar-refractivity contribution in [1.29, 1.82) is 0 Å². The minimum Gasteiger partial charge on any atom is -0.381 e. The van der Waals surface area contributed by atoms with Crippen LogP contribution in [0.3, 0.4) is 0 Å². The number of carbonyl (C=O) groups is 1. The third-order valence-electron chi connectivity index (χ3n) is 6.67. The van der Waals surface area contributed by atoms with Crippen molar-refractivity contribution in [2.45, 2.75) is 44.5 Å². The number of carbonyl (C=O) groups excluding carboxylic acids is 1. The standard InChI is InChI=1S/C26H29F3N4O3/c1-25(2)15-33(10-13-36-25)17-6-7-18(20(14-17)26(27,28)29)23-31-21-5-3-4-19(22(21)32-23)24(34)30-16-8-11-35-12-9-16/h3-7,14,16H,8-13,15H2,1-2H3,(H,30,34)(H,31,32). The lowest BCUT2D eigenvalue weighted by molar-refractivity contribution is -0.137. The van der Waals surface area contributed by atoms with Crippen LogP contribution in [0.5, 0.6) is 0 Å². The van der Waals surface area contributed by atoms with Gasteiger partial charge in [-0.15, -0.1) is 0 Å². The maximum Gasteiger partial charge on any atom is 0.417 e. The van der Waals surface area contributed by atoms with Crippen LogP contribution >= 0.6 is 0 Å². The largest absolute Gasteiger partial charge is 0.417 e. The van der Waals surface area contributed by atoms with Crippen LogP contribution in [0.15, 0.2) is 36.4 Å². The average molecular weight is 503 g/mol. The van der Waals surface area contributed by atoms with Crippen molar-refractivity contribution >= 4 is 22.6 Å². The van der Waals surface area contributed by atoms with Crippen LogP contribution in [-0.2, 0) is 15.7 Å². The molecule has 3 heterocycles. The predicted octanol–water partition coefficient (Wildman–Crippen LogP) is 4.77. The number of aromatic amines is 1. The number of alkyl halides is 3. The van der Waals surface area contributed by atoms with Crippen LogP contribution in [0.1, 0.15) is 42.6 Å². The molecule has 2 aromatic carbocycles. The molecule has 2 saturated heterocycles. The summed E-state index contributed by atoms with van der Waals surface area (Å²) in [6.45, 7) is 6.44. The molecular weight excluding hydrogens is 473 g/mol. The van der Waals surface area contributed by atoms with E-state index in [1.54, 1.807) is 24.3 Å². The van der Waals surface area contributed by atoms with Crippen LogP contribution < -0.4 is 10.2 Å². The molecule has 3 aromatic rings. The average Bonchev–Trinajstić information content (AvgIpc) is 3.27. The van der Waals surface area contributed by atoms with Gasteiger partial charge in [-0.25, -0.2) is 4.98 Å². The van der Waals surface area contributed by atoms with Crippen LogP contribution in [0, 0.1) is 0 Å². The first-order valence-corrected chi connectivity index (χ1v) is 12.1. The number of imidazole rings is 1. The van der Waals surface area contributed by atoms with Gasteiger partial charge in [0.05, 0.1) is 28.9 Å². The van der Waals surface area contributed by atoms with Crippen molar-refractivity contribution in [3.8, 4) is 11.4 Å². The summed E-state index contributed by atoms with van der Waals surface area (Å²) in [4.78, 5) is 22.3. The Kier molecular flexibility index (Phi) is 6.42. The Hall–Kier alpha value is -3.11. The smallest absolute Gasteiger partial charge is 0.381 e. The van der Waals surface area contributed by atoms with Crippen molar-refractivity contribution in [2.24, 2.45) is 0 Å². The van der Waals surface area contributed by atoms with E-state index in [2.05, 4.69) is 15.3 Å². The Morgan fingerprint density at radius 2 is 1.94 bits per heavy atom. The van der Waals surface area contributed by atoms with Gasteiger partial charge in [0.2, 0.25) is 0 Å². The van der Waals surface area contributed by atoms with Gasteiger partial charge in [-0.3, -0.25) is 4.79 Å². The molecule has 1 aromatic heterocycles. The van der Waals surface area contributed by atoms with Gasteiger partial charge >= 0.3 is 6.18 Å². The zero-order valence-electron chi connectivity index (χ0n) is 20.2. The van der Waals surface area contributed by atoms with Crippen molar-refractivity contribution in [1.82, 2.24) is 15.3 Å². The molecule has 2 aliphatic heterocycles. The number of aromatic nitrogens is 2. The topological polar surface area (TPSA) is 79.5 Å². The molecule has 0 bridgehead atoms. The molecule has 10 heteroatoms. The molecule has 1 amide bonds. The number of para-hydroxylation sites is 1. The number of morpholine rings is 1. The van der Waals surface area contributed by atoms with Gasteiger partial charge in [0.1, 0.15) is 11.3 Å². The van der Waals surface area contributed by atoms with E-state index in [1.807, 2.05) is 18.7 Å². The second kappa shape index (κ2) is 9.40. The first kappa shape index (κ1) is 24.6. The molecule has 0 atom stereocenters. The van der Waals surface area contributed by atoms with Gasteiger partial charge in [0, 0.05) is 43.6 Å². The number of H-pyrrole nitrogens is 1. The van der Waals surface area contributed by atoms with E-state index in [4.69, 9.17) is 9.47 Å². The summed E-state index contributed by atoms with van der Waals surface area (Å²) in [5.41, 5.74) is 0.343. The number of halogens is 3. The number of benzene rings is 2. The van der Waals surface area contributed by atoms with Crippen LogP contribution in [0.4, 0.5) is 18.9 Å². The molecule has 0 saturated carbocycles. The molecule has 0 aliphatic carbocycles. The van der Waals surface area contributed by atoms with Gasteiger partial charge in [-0.1, -0.05) is 6.07 Å². The third kappa shape index (κ3) is 5.05. The molecular formula is C26H29F3N4O3. The molecule has 192 valence electrons. The van der Waals surface area contributed by atoms with Crippen molar-refractivity contribution in [3.05, 3.63) is 47.5 Å². The first-order chi connectivity index (χ1) is 17.1. The highest BCUT2D eigenvalue weighted by Crippen LogP contribution is 2.39. The highest BCUT2D eigenvalue weighted by molar-refractivity contribution is 6.05. The summed E-state index contributed by atoms with van der Waals surface area (Å²) in [6.07, 6.45) is -3.15. The van der Waals surface area contributed by atoms with Crippen LogP contribution in [0.2, 0.25) is 0 Å². The highest BCUT2D eigenvalue weighted by atomic mass is 19.4. The van der Waals surface area contributed by atoms with Crippen molar-refractivity contribution in [3.63, 3.8) is 0 Å². The number of hydrogen-bond acceptors (Lipinski definition) is 5. The maximum atomic E-state index is 14.2. The summed E-state index contributed by atoms with van der Waals surface area (Å²) in [7, 11) is 0. The van der Waals surface area contributed by atoms with E-state index < -0.39 is 17.3 Å². The summed E-state index contributed by atoms with van der Waals surface area (Å²) >= 11 is 0. The number of rotatable bonds is 4. The highest BCUT2D eigenvalue weighted by Gasteiger charge is 2.36. The summed E-state index contributed by atoms with van der Waals surface area (Å²) in [5, 5.41) is 2.99. The number of nitrogens with zero attached hydrogens (tertiary/aromatic N) is 2. The number of anilines is 1. The monoisotopic (exact) mass is 502 g/mol. The molecule has 5 rings (SSSR count). The van der Waals surface area contributed by atoms with E-state index >= 15 is 0 Å². The van der Waals surface area contributed by atoms with Gasteiger partial charge < -0.3 is 24.7 Å². The third-order valence-corrected chi connectivity index (χ3v) is 6.67. The van der Waals surface area contributed by atoms with Gasteiger partial charge in [-0.2, -0.15) is 13.2 Å². The minimum absolute atomic E-state index is 0.00513. The zero-order chi connectivity index (χ0) is 25.5. The Morgan fingerprint density at radius 3 is 2.67 bits per heavy atom. The fraction of sp³-hybridized carbons (Fsp3) is 0.462. The van der Waals surface area contributed by atoms with E-state index in [-0.39, 0.29) is 23.3 Å². The SMILES string of the molecule is CC1(C)CN(c2ccc(-c3nc4c(C(=O)NC5CCOCC5)cccc4[nH]3)c(C(F)(F)F)c2)CCO1. The number of nitrogens with one attached hydrogen (secondary N) is 2. The quantitative estimate of drug-likeness (QED) is 0.537. The van der Waals surface area contributed by atoms with Gasteiger partial charge in [-0.05, 0) is 57.0 Å². The molecule has 36 heavy (non-hydrogen) atoms. The Labute approximate surface area is 207 Å². The minimum atomic E-state index is -4.59. The molecule has 7 nitrogen and oxygen atoms in total. The zero-order valence-corrected chi connectivity index (χ0v) is 20.2. The molecule has 2 N–H and O–H groups in total. The molecule has 0 spiro atoms. The summed E-state index contributed by atoms with van der Waals surface area (Å²) in [6, 6.07) is 9.32. The number of fused-ring (bicyclic) bond motifs is 1. The van der Waals surface area contributed by atoms with Crippen molar-refractivity contribution < 1.29 is 27.4 Å². The molecule has 2 aliphatic rings. The number of ether oxygens (including phenoxy) is 2. The molecule has 0 unspecified atom stereocenters. The summed E-state index contributed by atoms with van der Waals surface area (Å²) in [5.74, 6) is -0.232. The second-order valence-electron chi connectivity index (χ2n) is 9.90. The first-order valence-electron chi connectivity index (χ1n) is 12.1. The predicted molar refractivity (Wildman–Crippen MR) is 130 cm³/mol. The summed E-state index contributed by atoms with van der Waals surface area (Å²) < 4.78 is 53.6. The van der Waals surface area contributed by atoms with E-state index in [0.717, 1.165) is 12.8 Å². The van der Waals surface area contributed by atoms with Crippen LogP contribution in [-0.4, -0.2) is 60.4 Å². The molecule has 2 fully saturated rings. The lowest BCUT2D eigenvalue weighted by atomic mass is 10.0. The fourth-order valence-corrected chi connectivity index (χ4v) is 4.85. The Balaban J connectivity index is 1.50. The van der Waals surface area contributed by atoms with Gasteiger partial charge in [0.25, 0.3) is 5.91 Å². The fourth-order valence-electron chi connectivity index (χ4n) is 4.85. The van der Waals surface area contributed by atoms with E-state index in [9.17, 15) is 18.0 Å². The van der Waals surface area contributed by atoms with Gasteiger partial charge in [0.15, 0.2) is 0 Å².